The summed E-state index contributed by atoms with van der Waals surface area (Å²) in [4.78, 5) is 24.2. The minimum atomic E-state index is -0.298. The average Bonchev–Trinajstić information content (AvgIpc) is 2.55. The first kappa shape index (κ1) is 18.7. The van der Waals surface area contributed by atoms with E-state index in [0.29, 0.717) is 12.1 Å². The number of carbonyl (C=O) groups excluding carboxylic acids is 2. The second-order valence-corrected chi connectivity index (χ2v) is 7.22. The van der Waals surface area contributed by atoms with Crippen LogP contribution >= 0.6 is 0 Å². The molecule has 0 spiro atoms. The second-order valence-electron chi connectivity index (χ2n) is 7.22. The molecule has 4 nitrogen and oxygen atoms in total. The van der Waals surface area contributed by atoms with Crippen LogP contribution in [0.4, 0.5) is 10.5 Å². The van der Waals surface area contributed by atoms with Crippen molar-refractivity contribution in [3.05, 3.63) is 65.2 Å². The topological polar surface area (TPSA) is 58.2 Å². The fraction of sp³-hybridized carbons (Fsp3) is 0.333. The molecule has 2 rings (SSSR count). The molecule has 132 valence electrons. The zero-order valence-electron chi connectivity index (χ0n) is 15.3. The molecule has 2 aromatic rings. The monoisotopic (exact) mass is 338 g/mol. The molecule has 2 amide bonds. The third-order valence-electron chi connectivity index (χ3n) is 3.99. The van der Waals surface area contributed by atoms with Gasteiger partial charge in [0.05, 0.1) is 0 Å². The van der Waals surface area contributed by atoms with E-state index in [1.54, 1.807) is 0 Å². The largest absolute Gasteiger partial charge is 0.337 e. The standard InChI is InChI=1S/C21H26N2O2/c1-15-9-11-16(12-10-15)19(24)13-14-22-20(25)23-18-8-6-5-7-17(18)21(2,3)4/h5-12H,13-14H2,1-4H3,(H2,22,23,25). The Balaban J connectivity index is 1.87. The Morgan fingerprint density at radius 1 is 0.960 bits per heavy atom. The normalized spacial score (nSPS) is 11.0. The maximum Gasteiger partial charge on any atom is 0.319 e. The molecule has 0 aliphatic heterocycles. The minimum Gasteiger partial charge on any atom is -0.337 e. The van der Waals surface area contributed by atoms with Gasteiger partial charge in [-0.15, -0.1) is 0 Å². The molecule has 25 heavy (non-hydrogen) atoms. The van der Waals surface area contributed by atoms with Crippen LogP contribution in [0.25, 0.3) is 0 Å². The van der Waals surface area contributed by atoms with E-state index in [-0.39, 0.29) is 23.7 Å². The molecule has 4 heteroatoms. The van der Waals surface area contributed by atoms with E-state index in [9.17, 15) is 9.59 Å². The van der Waals surface area contributed by atoms with E-state index >= 15 is 0 Å². The molecule has 2 aromatic carbocycles. The highest BCUT2D eigenvalue weighted by Crippen LogP contribution is 2.29. The summed E-state index contributed by atoms with van der Waals surface area (Å²) < 4.78 is 0. The maximum absolute atomic E-state index is 12.1. The molecule has 0 heterocycles. The molecular weight excluding hydrogens is 312 g/mol. The Morgan fingerprint density at radius 2 is 1.60 bits per heavy atom. The first-order valence-electron chi connectivity index (χ1n) is 8.51. The number of rotatable bonds is 5. The lowest BCUT2D eigenvalue weighted by molar-refractivity contribution is 0.0983. The molecule has 0 radical (unpaired) electrons. The summed E-state index contributed by atoms with van der Waals surface area (Å²) in [7, 11) is 0. The van der Waals surface area contributed by atoms with Gasteiger partial charge in [0.15, 0.2) is 5.78 Å². The predicted molar refractivity (Wildman–Crippen MR) is 102 cm³/mol. The zero-order valence-corrected chi connectivity index (χ0v) is 15.3. The highest BCUT2D eigenvalue weighted by atomic mass is 16.2. The number of para-hydroxylation sites is 1. The Bertz CT molecular complexity index is 743. The van der Waals surface area contributed by atoms with Crippen molar-refractivity contribution in [3.8, 4) is 0 Å². The number of Topliss-reactive ketones (excluding diaryl/α,β-unsaturated/α-hetero) is 1. The Hall–Kier alpha value is -2.62. The van der Waals surface area contributed by atoms with Crippen molar-refractivity contribution < 1.29 is 9.59 Å². The Kier molecular flexibility index (Phi) is 5.97. The molecule has 0 saturated carbocycles. The molecule has 0 bridgehead atoms. The number of aryl methyl sites for hydroxylation is 1. The summed E-state index contributed by atoms with van der Waals surface area (Å²) >= 11 is 0. The minimum absolute atomic E-state index is 0.0235. The molecule has 0 aliphatic rings. The second kappa shape index (κ2) is 7.97. The number of urea groups is 1. The van der Waals surface area contributed by atoms with Crippen molar-refractivity contribution in [2.45, 2.75) is 39.5 Å². The van der Waals surface area contributed by atoms with Gasteiger partial charge in [-0.25, -0.2) is 4.79 Å². The summed E-state index contributed by atoms with van der Waals surface area (Å²) in [5, 5.41) is 5.63. The number of nitrogens with one attached hydrogen (secondary N) is 2. The molecule has 0 aliphatic carbocycles. The zero-order chi connectivity index (χ0) is 18.4. The van der Waals surface area contributed by atoms with E-state index in [2.05, 4.69) is 31.4 Å². The van der Waals surface area contributed by atoms with E-state index < -0.39 is 0 Å². The lowest BCUT2D eigenvalue weighted by Crippen LogP contribution is -2.31. The SMILES string of the molecule is Cc1ccc(C(=O)CCNC(=O)Nc2ccccc2C(C)(C)C)cc1. The number of amides is 2. The van der Waals surface area contributed by atoms with E-state index in [1.807, 2.05) is 55.5 Å². The molecule has 0 unspecified atom stereocenters. The average molecular weight is 338 g/mol. The number of benzene rings is 2. The summed E-state index contributed by atoms with van der Waals surface area (Å²) in [6.45, 7) is 8.59. The summed E-state index contributed by atoms with van der Waals surface area (Å²) in [6, 6.07) is 14.9. The van der Waals surface area contributed by atoms with Gasteiger partial charge in [-0.1, -0.05) is 68.8 Å². The number of carbonyl (C=O) groups is 2. The van der Waals surface area contributed by atoms with Crippen LogP contribution in [0.2, 0.25) is 0 Å². The number of hydrogen-bond acceptors (Lipinski definition) is 2. The fourth-order valence-corrected chi connectivity index (χ4v) is 2.59. The van der Waals surface area contributed by atoms with Gasteiger partial charge in [0.2, 0.25) is 0 Å². The van der Waals surface area contributed by atoms with Crippen LogP contribution in [-0.4, -0.2) is 18.4 Å². The van der Waals surface area contributed by atoms with Gasteiger partial charge >= 0.3 is 6.03 Å². The number of anilines is 1. The fourth-order valence-electron chi connectivity index (χ4n) is 2.59. The van der Waals surface area contributed by atoms with Gasteiger partial charge in [-0.3, -0.25) is 4.79 Å². The van der Waals surface area contributed by atoms with Crippen LogP contribution in [0.3, 0.4) is 0 Å². The van der Waals surface area contributed by atoms with Crippen molar-refractivity contribution in [1.82, 2.24) is 5.32 Å². The number of hydrogen-bond donors (Lipinski definition) is 2. The summed E-state index contributed by atoms with van der Waals surface area (Å²) in [5.74, 6) is 0.0235. The van der Waals surface area contributed by atoms with Gasteiger partial charge in [0.1, 0.15) is 0 Å². The van der Waals surface area contributed by atoms with Crippen molar-refractivity contribution >= 4 is 17.5 Å². The molecule has 0 saturated heterocycles. The van der Waals surface area contributed by atoms with Crippen LogP contribution in [0, 0.1) is 6.92 Å². The van der Waals surface area contributed by atoms with Crippen molar-refractivity contribution in [2.75, 3.05) is 11.9 Å². The summed E-state index contributed by atoms with van der Waals surface area (Å²) in [5.41, 5.74) is 3.58. The Labute approximate surface area is 149 Å². The van der Waals surface area contributed by atoms with Crippen molar-refractivity contribution in [3.63, 3.8) is 0 Å². The van der Waals surface area contributed by atoms with E-state index in [1.165, 1.54) is 0 Å². The highest BCUT2D eigenvalue weighted by molar-refractivity contribution is 5.96. The first-order chi connectivity index (χ1) is 11.8. The van der Waals surface area contributed by atoms with E-state index in [4.69, 9.17) is 0 Å². The van der Waals surface area contributed by atoms with Crippen molar-refractivity contribution in [1.29, 1.82) is 0 Å². The molecule has 0 aromatic heterocycles. The lowest BCUT2D eigenvalue weighted by atomic mass is 9.86. The smallest absolute Gasteiger partial charge is 0.319 e. The third kappa shape index (κ3) is 5.45. The first-order valence-corrected chi connectivity index (χ1v) is 8.51. The molecular formula is C21H26N2O2. The quantitative estimate of drug-likeness (QED) is 0.777. The van der Waals surface area contributed by atoms with Gasteiger partial charge in [-0.2, -0.15) is 0 Å². The molecule has 0 fully saturated rings. The van der Waals surface area contributed by atoms with E-state index in [0.717, 1.165) is 16.8 Å². The molecule has 0 atom stereocenters. The van der Waals surface area contributed by atoms with Crippen LogP contribution in [0.1, 0.15) is 48.7 Å². The van der Waals surface area contributed by atoms with Gasteiger partial charge in [-0.05, 0) is 24.0 Å². The number of ketones is 1. The van der Waals surface area contributed by atoms with Crippen LogP contribution < -0.4 is 10.6 Å². The van der Waals surface area contributed by atoms with Crippen LogP contribution in [0.15, 0.2) is 48.5 Å². The third-order valence-corrected chi connectivity index (χ3v) is 3.99. The predicted octanol–water partition coefficient (Wildman–Crippen LogP) is 4.69. The van der Waals surface area contributed by atoms with Gasteiger partial charge in [0, 0.05) is 24.2 Å². The lowest BCUT2D eigenvalue weighted by Gasteiger charge is -2.23. The summed E-state index contributed by atoms with van der Waals surface area (Å²) in [6.07, 6.45) is 0.275. The highest BCUT2D eigenvalue weighted by Gasteiger charge is 2.18. The van der Waals surface area contributed by atoms with Crippen LogP contribution in [-0.2, 0) is 5.41 Å². The Morgan fingerprint density at radius 3 is 2.24 bits per heavy atom. The van der Waals surface area contributed by atoms with Crippen molar-refractivity contribution in [2.24, 2.45) is 0 Å². The maximum atomic E-state index is 12.1. The van der Waals surface area contributed by atoms with Gasteiger partial charge < -0.3 is 10.6 Å². The van der Waals surface area contributed by atoms with Crippen LogP contribution in [0.5, 0.6) is 0 Å². The van der Waals surface area contributed by atoms with Gasteiger partial charge in [0.25, 0.3) is 0 Å². The molecule has 2 N–H and O–H groups in total.